The van der Waals surface area contributed by atoms with E-state index in [4.69, 9.17) is 4.74 Å². The van der Waals surface area contributed by atoms with Gasteiger partial charge in [-0.25, -0.2) is 10.2 Å². The van der Waals surface area contributed by atoms with Crippen molar-refractivity contribution < 1.29 is 19.1 Å². The number of hydrogen-bond donors (Lipinski definition) is 1. The van der Waals surface area contributed by atoms with Gasteiger partial charge in [-0.05, 0) is 54.0 Å². The van der Waals surface area contributed by atoms with Gasteiger partial charge in [-0.3, -0.25) is 4.79 Å². The number of hydrazone groups is 1. The highest BCUT2D eigenvalue weighted by atomic mass is 16.6. The Hall–Kier alpha value is -2.37. The first-order valence-electron chi connectivity index (χ1n) is 8.67. The number of benzene rings is 1. The molecule has 0 bridgehead atoms. The van der Waals surface area contributed by atoms with Gasteiger partial charge in [0.1, 0.15) is 5.75 Å². The second-order valence-electron chi connectivity index (χ2n) is 7.00. The molecular weight excluding hydrogens is 320 g/mol. The molecule has 0 spiro atoms. The molecule has 0 aliphatic heterocycles. The highest BCUT2D eigenvalue weighted by Gasteiger charge is 2.64. The summed E-state index contributed by atoms with van der Waals surface area (Å²) < 4.78 is 9.79. The molecule has 25 heavy (non-hydrogen) atoms. The fourth-order valence-corrected chi connectivity index (χ4v) is 3.94. The zero-order valence-electron chi connectivity index (χ0n) is 14.7. The molecule has 0 aromatic heterocycles. The molecule has 1 amide bonds. The minimum Gasteiger partial charge on any atom is -0.482 e. The zero-order chi connectivity index (χ0) is 17.9. The second-order valence-corrected chi connectivity index (χ2v) is 7.00. The monoisotopic (exact) mass is 344 g/mol. The summed E-state index contributed by atoms with van der Waals surface area (Å²) in [6, 6.07) is 7.09. The molecule has 2 aliphatic rings. The predicted molar refractivity (Wildman–Crippen MR) is 93.2 cm³/mol. The van der Waals surface area contributed by atoms with Crippen LogP contribution in [0.2, 0.25) is 0 Å². The Morgan fingerprint density at radius 1 is 1.32 bits per heavy atom. The van der Waals surface area contributed by atoms with E-state index in [1.807, 2.05) is 0 Å². The van der Waals surface area contributed by atoms with Crippen LogP contribution in [0.5, 0.6) is 5.75 Å². The van der Waals surface area contributed by atoms with E-state index in [1.165, 1.54) is 20.0 Å². The van der Waals surface area contributed by atoms with E-state index >= 15 is 0 Å². The molecule has 2 fully saturated rings. The lowest BCUT2D eigenvalue weighted by molar-refractivity contribution is -0.142. The molecule has 2 aliphatic carbocycles. The van der Waals surface area contributed by atoms with Gasteiger partial charge < -0.3 is 9.47 Å². The van der Waals surface area contributed by atoms with E-state index in [2.05, 4.69) is 22.2 Å². The molecule has 3 rings (SSSR count). The maximum Gasteiger partial charge on any atom is 0.343 e. The van der Waals surface area contributed by atoms with E-state index in [0.29, 0.717) is 11.7 Å². The fourth-order valence-electron chi connectivity index (χ4n) is 3.94. The molecule has 2 saturated carbocycles. The van der Waals surface area contributed by atoms with E-state index in [9.17, 15) is 9.59 Å². The molecule has 1 aromatic rings. The number of methoxy groups -OCH3 is 1. The lowest BCUT2D eigenvalue weighted by Crippen LogP contribution is -2.22. The summed E-state index contributed by atoms with van der Waals surface area (Å²) in [4.78, 5) is 23.3. The number of esters is 1. The Kier molecular flexibility index (Phi) is 5.06. The molecule has 0 radical (unpaired) electrons. The van der Waals surface area contributed by atoms with Crippen molar-refractivity contribution in [3.05, 3.63) is 29.8 Å². The Balaban J connectivity index is 1.48. The number of carbonyl (C=O) groups excluding carboxylic acids is 2. The van der Waals surface area contributed by atoms with Gasteiger partial charge in [0.2, 0.25) is 5.91 Å². The van der Waals surface area contributed by atoms with Crippen LogP contribution in [0.3, 0.4) is 0 Å². The number of fused-ring (bicyclic) bond motifs is 1. The van der Waals surface area contributed by atoms with Crippen molar-refractivity contribution in [3.8, 4) is 5.75 Å². The molecule has 3 atom stereocenters. The molecule has 0 heterocycles. The van der Waals surface area contributed by atoms with Crippen molar-refractivity contribution in [3.63, 3.8) is 0 Å². The summed E-state index contributed by atoms with van der Waals surface area (Å²) in [5.74, 6) is 0.817. The average molecular weight is 344 g/mol. The largest absolute Gasteiger partial charge is 0.482 e. The van der Waals surface area contributed by atoms with E-state index in [-0.39, 0.29) is 23.8 Å². The molecule has 0 unspecified atom stereocenters. The van der Waals surface area contributed by atoms with Crippen LogP contribution in [-0.4, -0.2) is 31.8 Å². The van der Waals surface area contributed by atoms with Gasteiger partial charge in [0.05, 0.1) is 13.3 Å². The van der Waals surface area contributed by atoms with Gasteiger partial charge >= 0.3 is 5.97 Å². The maximum absolute atomic E-state index is 12.3. The predicted octanol–water partition coefficient (Wildman–Crippen LogP) is 2.51. The molecule has 1 N–H and O–H groups in total. The number of amides is 1. The van der Waals surface area contributed by atoms with Gasteiger partial charge in [0, 0.05) is 5.92 Å². The van der Waals surface area contributed by atoms with Crippen LogP contribution < -0.4 is 10.2 Å². The quantitative estimate of drug-likeness (QED) is 0.489. The highest BCUT2D eigenvalue weighted by molar-refractivity contribution is 5.86. The molecule has 6 nitrogen and oxygen atoms in total. The number of nitrogens with one attached hydrogen (secondary N) is 1. The van der Waals surface area contributed by atoms with Crippen LogP contribution in [0.25, 0.3) is 0 Å². The third-order valence-corrected chi connectivity index (χ3v) is 5.47. The molecule has 134 valence electrons. The van der Waals surface area contributed by atoms with Gasteiger partial charge in [-0.2, -0.15) is 5.10 Å². The SMILES string of the molecule is COC(=O)COc1ccc(/C=N\NC(=O)[C@@H]2[C@@H]3CCCC[C@@]23C)cc1. The van der Waals surface area contributed by atoms with Crippen LogP contribution >= 0.6 is 0 Å². The topological polar surface area (TPSA) is 77.0 Å². The van der Waals surface area contributed by atoms with Crippen LogP contribution in [0.1, 0.15) is 38.2 Å². The number of nitrogens with zero attached hydrogens (tertiary/aromatic N) is 1. The molecule has 1 aromatic carbocycles. The van der Waals surface area contributed by atoms with Crippen molar-refractivity contribution >= 4 is 18.1 Å². The molecule has 6 heteroatoms. The minimum absolute atomic E-state index is 0.0312. The Morgan fingerprint density at radius 3 is 2.72 bits per heavy atom. The van der Waals surface area contributed by atoms with E-state index in [1.54, 1.807) is 30.5 Å². The minimum atomic E-state index is -0.428. The summed E-state index contributed by atoms with van der Waals surface area (Å²) >= 11 is 0. The Morgan fingerprint density at radius 2 is 2.08 bits per heavy atom. The Labute approximate surface area is 147 Å². The summed E-state index contributed by atoms with van der Waals surface area (Å²) in [7, 11) is 1.32. The fraction of sp³-hybridized carbons (Fsp3) is 0.526. The van der Waals surface area contributed by atoms with E-state index < -0.39 is 5.97 Å². The molecule has 0 saturated heterocycles. The summed E-state index contributed by atoms with van der Waals surface area (Å²) in [5, 5.41) is 4.07. The zero-order valence-corrected chi connectivity index (χ0v) is 14.7. The summed E-state index contributed by atoms with van der Waals surface area (Å²) in [5.41, 5.74) is 3.70. The first kappa shape index (κ1) is 17.5. The third kappa shape index (κ3) is 3.83. The Bertz CT molecular complexity index is 671. The second kappa shape index (κ2) is 7.25. The van der Waals surface area contributed by atoms with Crippen LogP contribution in [-0.2, 0) is 14.3 Å². The van der Waals surface area contributed by atoms with Crippen molar-refractivity contribution in [2.45, 2.75) is 32.6 Å². The van der Waals surface area contributed by atoms with Crippen molar-refractivity contribution in [2.24, 2.45) is 22.4 Å². The number of carbonyl (C=O) groups is 2. The standard InChI is InChI=1S/C19H24N2O4/c1-19-10-4-3-5-15(19)17(19)18(23)21-20-11-13-6-8-14(9-7-13)25-12-16(22)24-2/h6-9,11,15,17H,3-5,10,12H2,1-2H3,(H,21,23)/b20-11-/t15-,17-,19+/m0/s1. The van der Waals surface area contributed by atoms with Gasteiger partial charge in [0.25, 0.3) is 0 Å². The molecular formula is C19H24N2O4. The lowest BCUT2D eigenvalue weighted by Gasteiger charge is -2.15. The van der Waals surface area contributed by atoms with Crippen LogP contribution in [0.15, 0.2) is 29.4 Å². The van der Waals surface area contributed by atoms with Crippen molar-refractivity contribution in [1.29, 1.82) is 0 Å². The van der Waals surface area contributed by atoms with E-state index in [0.717, 1.165) is 18.4 Å². The average Bonchev–Trinajstić information content (AvgIpc) is 3.26. The number of hydrogen-bond acceptors (Lipinski definition) is 5. The number of ether oxygens (including phenoxy) is 2. The first-order chi connectivity index (χ1) is 12.0. The van der Waals surface area contributed by atoms with Gasteiger partial charge in [-0.1, -0.05) is 19.8 Å². The number of rotatable bonds is 6. The first-order valence-corrected chi connectivity index (χ1v) is 8.67. The van der Waals surface area contributed by atoms with Crippen LogP contribution in [0, 0.1) is 17.3 Å². The normalized spacial score (nSPS) is 27.4. The lowest BCUT2D eigenvalue weighted by atomic mass is 9.90. The van der Waals surface area contributed by atoms with Crippen LogP contribution in [0.4, 0.5) is 0 Å². The highest BCUT2D eigenvalue weighted by Crippen LogP contribution is 2.66. The third-order valence-electron chi connectivity index (χ3n) is 5.47. The van der Waals surface area contributed by atoms with Gasteiger partial charge in [-0.15, -0.1) is 0 Å². The van der Waals surface area contributed by atoms with Crippen molar-refractivity contribution in [1.82, 2.24) is 5.43 Å². The van der Waals surface area contributed by atoms with Crippen molar-refractivity contribution in [2.75, 3.05) is 13.7 Å². The maximum atomic E-state index is 12.3. The van der Waals surface area contributed by atoms with Gasteiger partial charge in [0.15, 0.2) is 6.61 Å². The summed E-state index contributed by atoms with van der Waals surface area (Å²) in [6.07, 6.45) is 6.37. The smallest absolute Gasteiger partial charge is 0.343 e. The summed E-state index contributed by atoms with van der Waals surface area (Å²) in [6.45, 7) is 2.10.